The van der Waals surface area contributed by atoms with E-state index < -0.39 is 10.8 Å². The van der Waals surface area contributed by atoms with Crippen LogP contribution in [0.15, 0.2) is 23.1 Å². The van der Waals surface area contributed by atoms with Gasteiger partial charge in [0.25, 0.3) is 0 Å². The summed E-state index contributed by atoms with van der Waals surface area (Å²) in [7, 11) is -1.17. The second-order valence-electron chi connectivity index (χ2n) is 4.11. The quantitative estimate of drug-likeness (QED) is 0.828. The van der Waals surface area contributed by atoms with Gasteiger partial charge in [-0.05, 0) is 25.1 Å². The lowest BCUT2D eigenvalue weighted by molar-refractivity contribution is 0.525. The van der Waals surface area contributed by atoms with E-state index in [2.05, 4.69) is 12.2 Å². The van der Waals surface area contributed by atoms with Gasteiger partial charge in [0.15, 0.2) is 0 Å². The van der Waals surface area contributed by atoms with Crippen LogP contribution in [-0.2, 0) is 10.8 Å². The SMILES string of the molecule is CCCC(CS(=O)c1c(Cl)cccc1Cl)NCC. The summed E-state index contributed by atoms with van der Waals surface area (Å²) in [5.74, 6) is 0.547. The molecule has 1 N–H and O–H groups in total. The summed E-state index contributed by atoms with van der Waals surface area (Å²) < 4.78 is 12.3. The van der Waals surface area contributed by atoms with E-state index in [1.165, 1.54) is 0 Å². The first-order chi connectivity index (χ1) is 8.60. The fourth-order valence-electron chi connectivity index (χ4n) is 1.85. The highest BCUT2D eigenvalue weighted by Gasteiger charge is 2.17. The van der Waals surface area contributed by atoms with Gasteiger partial charge in [-0.25, -0.2) is 0 Å². The first-order valence-corrected chi connectivity index (χ1v) is 8.23. The maximum Gasteiger partial charge on any atom is 0.0760 e. The Hall–Kier alpha value is -0.0900. The lowest BCUT2D eigenvalue weighted by Gasteiger charge is -2.17. The Morgan fingerprint density at radius 1 is 1.28 bits per heavy atom. The van der Waals surface area contributed by atoms with Crippen molar-refractivity contribution >= 4 is 34.0 Å². The van der Waals surface area contributed by atoms with Crippen molar-refractivity contribution in [2.45, 2.75) is 37.6 Å². The van der Waals surface area contributed by atoms with E-state index in [1.807, 2.05) is 6.92 Å². The molecule has 2 nitrogen and oxygen atoms in total. The van der Waals surface area contributed by atoms with Crippen LogP contribution in [0.3, 0.4) is 0 Å². The molecule has 1 rings (SSSR count). The molecule has 0 bridgehead atoms. The van der Waals surface area contributed by atoms with Crippen LogP contribution in [0.4, 0.5) is 0 Å². The van der Waals surface area contributed by atoms with Gasteiger partial charge in [-0.3, -0.25) is 4.21 Å². The monoisotopic (exact) mass is 307 g/mol. The molecule has 1 aromatic rings. The Balaban J connectivity index is 2.80. The molecule has 1 aromatic carbocycles. The number of rotatable bonds is 7. The first kappa shape index (κ1) is 16.0. The highest BCUT2D eigenvalue weighted by atomic mass is 35.5. The van der Waals surface area contributed by atoms with Crippen molar-refractivity contribution in [1.82, 2.24) is 5.32 Å². The average molecular weight is 308 g/mol. The minimum absolute atomic E-state index is 0.244. The third kappa shape index (κ3) is 4.54. The molecule has 0 aliphatic rings. The minimum Gasteiger partial charge on any atom is -0.313 e. The standard InChI is InChI=1S/C13H19Cl2NOS/c1-3-6-10(16-4-2)9-18(17)13-11(14)7-5-8-12(13)15/h5,7-8,10,16H,3-4,6,9H2,1-2H3. The summed E-state index contributed by atoms with van der Waals surface area (Å²) in [5.41, 5.74) is 0. The normalized spacial score (nSPS) is 14.4. The maximum atomic E-state index is 12.3. The van der Waals surface area contributed by atoms with Crippen LogP contribution >= 0.6 is 23.2 Å². The van der Waals surface area contributed by atoms with Crippen LogP contribution in [-0.4, -0.2) is 22.5 Å². The number of hydrogen-bond acceptors (Lipinski definition) is 2. The number of nitrogens with one attached hydrogen (secondary N) is 1. The Bertz CT molecular complexity index is 386. The molecule has 0 radical (unpaired) electrons. The van der Waals surface area contributed by atoms with Crippen molar-refractivity contribution in [3.05, 3.63) is 28.2 Å². The van der Waals surface area contributed by atoms with Crippen molar-refractivity contribution in [3.63, 3.8) is 0 Å². The second-order valence-corrected chi connectivity index (χ2v) is 6.35. The van der Waals surface area contributed by atoms with Crippen LogP contribution in [0.1, 0.15) is 26.7 Å². The lowest BCUT2D eigenvalue weighted by atomic mass is 10.2. The Kier molecular flexibility index (Phi) is 7.23. The van der Waals surface area contributed by atoms with Gasteiger partial charge in [-0.2, -0.15) is 0 Å². The molecule has 0 heterocycles. The predicted molar refractivity (Wildman–Crippen MR) is 80.1 cm³/mol. The Morgan fingerprint density at radius 2 is 1.89 bits per heavy atom. The second kappa shape index (κ2) is 8.16. The van der Waals surface area contributed by atoms with Gasteiger partial charge in [-0.1, -0.05) is 49.5 Å². The van der Waals surface area contributed by atoms with Crippen molar-refractivity contribution < 1.29 is 4.21 Å². The van der Waals surface area contributed by atoms with Gasteiger partial charge < -0.3 is 5.32 Å². The molecular formula is C13H19Cl2NOS. The van der Waals surface area contributed by atoms with Gasteiger partial charge in [0, 0.05) is 11.8 Å². The van der Waals surface area contributed by atoms with E-state index in [0.29, 0.717) is 20.7 Å². The van der Waals surface area contributed by atoms with Crippen LogP contribution in [0, 0.1) is 0 Å². The molecule has 0 aliphatic carbocycles. The zero-order valence-electron chi connectivity index (χ0n) is 10.7. The summed E-state index contributed by atoms with van der Waals surface area (Å²) in [5, 5.41) is 4.30. The largest absolute Gasteiger partial charge is 0.313 e. The molecule has 0 saturated heterocycles. The van der Waals surface area contributed by atoms with E-state index in [9.17, 15) is 4.21 Å². The van der Waals surface area contributed by atoms with E-state index in [-0.39, 0.29) is 6.04 Å². The number of halogens is 2. The molecule has 0 spiro atoms. The van der Waals surface area contributed by atoms with Crippen molar-refractivity contribution in [1.29, 1.82) is 0 Å². The van der Waals surface area contributed by atoms with Crippen molar-refractivity contribution in [3.8, 4) is 0 Å². The lowest BCUT2D eigenvalue weighted by Crippen LogP contribution is -2.33. The number of benzene rings is 1. The molecule has 0 amide bonds. The highest BCUT2D eigenvalue weighted by molar-refractivity contribution is 7.85. The molecule has 2 unspecified atom stereocenters. The molecular weight excluding hydrogens is 289 g/mol. The highest BCUT2D eigenvalue weighted by Crippen LogP contribution is 2.28. The van der Waals surface area contributed by atoms with E-state index in [1.54, 1.807) is 18.2 Å². The smallest absolute Gasteiger partial charge is 0.0760 e. The third-order valence-corrected chi connectivity index (χ3v) is 5.08. The van der Waals surface area contributed by atoms with E-state index in [0.717, 1.165) is 19.4 Å². The molecule has 102 valence electrons. The zero-order valence-corrected chi connectivity index (χ0v) is 13.0. The van der Waals surface area contributed by atoms with Gasteiger partial charge in [0.2, 0.25) is 0 Å². The average Bonchev–Trinajstić information content (AvgIpc) is 2.29. The van der Waals surface area contributed by atoms with Gasteiger partial charge in [0.1, 0.15) is 0 Å². The predicted octanol–water partition coefficient (Wildman–Crippen LogP) is 3.88. The topological polar surface area (TPSA) is 29.1 Å². The third-order valence-electron chi connectivity index (χ3n) is 2.63. The van der Waals surface area contributed by atoms with Crippen LogP contribution in [0.25, 0.3) is 0 Å². The van der Waals surface area contributed by atoms with Gasteiger partial charge in [0.05, 0.1) is 25.7 Å². The Labute approximate surface area is 122 Å². The fraction of sp³-hybridized carbons (Fsp3) is 0.538. The minimum atomic E-state index is -1.17. The molecule has 0 aromatic heterocycles. The number of hydrogen-bond donors (Lipinski definition) is 1. The van der Waals surface area contributed by atoms with Crippen LogP contribution in [0.5, 0.6) is 0 Å². The zero-order chi connectivity index (χ0) is 13.5. The molecule has 0 saturated carbocycles. The van der Waals surface area contributed by atoms with E-state index in [4.69, 9.17) is 23.2 Å². The molecule has 0 fully saturated rings. The van der Waals surface area contributed by atoms with Gasteiger partial charge in [-0.15, -0.1) is 0 Å². The van der Waals surface area contributed by atoms with Crippen LogP contribution < -0.4 is 5.32 Å². The van der Waals surface area contributed by atoms with Crippen molar-refractivity contribution in [2.24, 2.45) is 0 Å². The van der Waals surface area contributed by atoms with Crippen LogP contribution in [0.2, 0.25) is 10.0 Å². The molecule has 18 heavy (non-hydrogen) atoms. The van der Waals surface area contributed by atoms with E-state index >= 15 is 0 Å². The summed E-state index contributed by atoms with van der Waals surface area (Å²) in [4.78, 5) is 0.555. The summed E-state index contributed by atoms with van der Waals surface area (Å²) in [6.07, 6.45) is 2.06. The summed E-state index contributed by atoms with van der Waals surface area (Å²) in [6, 6.07) is 5.46. The molecule has 5 heteroatoms. The summed E-state index contributed by atoms with van der Waals surface area (Å²) >= 11 is 12.1. The molecule has 2 atom stereocenters. The molecule has 0 aliphatic heterocycles. The fourth-order valence-corrected chi connectivity index (χ4v) is 4.15. The summed E-state index contributed by atoms with van der Waals surface area (Å²) in [6.45, 7) is 5.04. The maximum absolute atomic E-state index is 12.3. The first-order valence-electron chi connectivity index (χ1n) is 6.15. The Morgan fingerprint density at radius 3 is 2.39 bits per heavy atom. The van der Waals surface area contributed by atoms with Crippen molar-refractivity contribution in [2.75, 3.05) is 12.3 Å². The van der Waals surface area contributed by atoms with Gasteiger partial charge >= 0.3 is 0 Å².